The van der Waals surface area contributed by atoms with Crippen molar-refractivity contribution >= 4 is 28.9 Å². The van der Waals surface area contributed by atoms with E-state index >= 15 is 0 Å². The third-order valence-electron chi connectivity index (χ3n) is 5.52. The van der Waals surface area contributed by atoms with E-state index in [9.17, 15) is 27.9 Å². The van der Waals surface area contributed by atoms with Crippen molar-refractivity contribution in [2.75, 3.05) is 11.9 Å². The highest BCUT2D eigenvalue weighted by Crippen LogP contribution is 2.34. The van der Waals surface area contributed by atoms with Crippen LogP contribution in [0.1, 0.15) is 53.0 Å². The Morgan fingerprint density at radius 3 is 2.68 bits per heavy atom. The van der Waals surface area contributed by atoms with Crippen LogP contribution in [0.3, 0.4) is 0 Å². The minimum atomic E-state index is -4.73. The monoisotopic (exact) mass is 496 g/mol. The molecule has 0 radical (unpaired) electrons. The third-order valence-corrected chi connectivity index (χ3v) is 5.73. The molecule has 0 aromatic carbocycles. The topological polar surface area (TPSA) is 106 Å². The van der Waals surface area contributed by atoms with Gasteiger partial charge < -0.3 is 15.2 Å². The quantitative estimate of drug-likeness (QED) is 0.455. The molecule has 1 fully saturated rings. The summed E-state index contributed by atoms with van der Waals surface area (Å²) < 4.78 is 47.5. The van der Waals surface area contributed by atoms with E-state index in [-0.39, 0.29) is 33.5 Å². The summed E-state index contributed by atoms with van der Waals surface area (Å²) in [7, 11) is 0. The van der Waals surface area contributed by atoms with Crippen molar-refractivity contribution < 1.29 is 27.8 Å². The van der Waals surface area contributed by atoms with Gasteiger partial charge in [-0.25, -0.2) is 9.78 Å². The van der Waals surface area contributed by atoms with E-state index < -0.39 is 35.0 Å². The van der Waals surface area contributed by atoms with Gasteiger partial charge in [-0.2, -0.15) is 18.2 Å². The van der Waals surface area contributed by atoms with Gasteiger partial charge in [-0.05, 0) is 50.8 Å². The zero-order chi connectivity index (χ0) is 24.8. The minimum Gasteiger partial charge on any atom is -0.477 e. The van der Waals surface area contributed by atoms with Crippen molar-refractivity contribution in [1.82, 2.24) is 14.4 Å². The highest BCUT2D eigenvalue weighted by molar-refractivity contribution is 6.29. The van der Waals surface area contributed by atoms with Crippen molar-refractivity contribution in [3.8, 4) is 5.88 Å². The second-order valence-corrected chi connectivity index (χ2v) is 8.57. The van der Waals surface area contributed by atoms with Crippen LogP contribution < -0.4 is 15.6 Å². The molecule has 12 heteroatoms. The lowest BCUT2D eigenvalue weighted by Gasteiger charge is -2.21. The fraction of sp³-hybridized carbons (Fsp3) is 0.364. The number of alkyl halides is 3. The number of carbonyl (C=O) groups is 1. The molecule has 3 aromatic rings. The van der Waals surface area contributed by atoms with Crippen molar-refractivity contribution in [1.29, 1.82) is 0 Å². The highest BCUT2D eigenvalue weighted by Gasteiger charge is 2.33. The molecular formula is C22H20ClF3N4O4. The number of carboxylic acid groups (broad SMARTS) is 1. The fourth-order valence-electron chi connectivity index (χ4n) is 3.46. The molecule has 8 nitrogen and oxygen atoms in total. The van der Waals surface area contributed by atoms with Crippen molar-refractivity contribution in [2.24, 2.45) is 5.92 Å². The van der Waals surface area contributed by atoms with Gasteiger partial charge in [-0.15, -0.1) is 0 Å². The summed E-state index contributed by atoms with van der Waals surface area (Å²) in [5.74, 6) is -0.935. The Labute approximate surface area is 196 Å². The van der Waals surface area contributed by atoms with Gasteiger partial charge >= 0.3 is 12.1 Å². The number of nitrogens with one attached hydrogen (secondary N) is 1. The lowest BCUT2D eigenvalue weighted by molar-refractivity contribution is -0.137. The van der Waals surface area contributed by atoms with Crippen molar-refractivity contribution in [3.63, 3.8) is 0 Å². The summed E-state index contributed by atoms with van der Waals surface area (Å²) in [6.45, 7) is 3.34. The summed E-state index contributed by atoms with van der Waals surface area (Å²) in [5, 5.41) is 12.2. The van der Waals surface area contributed by atoms with Crippen LogP contribution >= 0.6 is 11.6 Å². The fourth-order valence-corrected chi connectivity index (χ4v) is 3.60. The second kappa shape index (κ2) is 8.79. The number of fused-ring (bicyclic) bond motifs is 1. The van der Waals surface area contributed by atoms with E-state index in [4.69, 9.17) is 16.3 Å². The SMILES string of the molecule is Cc1c(OCC2CC2)nc2c([C@@H](C)Nc3ccc(Cl)nc3C(=O)O)cc(C(F)(F)F)cn2c1=O. The normalized spacial score (nSPS) is 14.8. The molecule has 1 saturated carbocycles. The lowest BCUT2D eigenvalue weighted by atomic mass is 10.1. The molecule has 0 saturated heterocycles. The molecule has 3 aromatic heterocycles. The van der Waals surface area contributed by atoms with Gasteiger partial charge in [0.15, 0.2) is 5.69 Å². The van der Waals surface area contributed by atoms with Gasteiger partial charge in [0.2, 0.25) is 5.88 Å². The molecule has 1 aliphatic rings. The third kappa shape index (κ3) is 4.79. The maximum absolute atomic E-state index is 13.6. The van der Waals surface area contributed by atoms with Gasteiger partial charge in [0, 0.05) is 11.8 Å². The number of carboxylic acids is 1. The zero-order valence-corrected chi connectivity index (χ0v) is 18.9. The largest absolute Gasteiger partial charge is 0.477 e. The molecule has 0 aliphatic heterocycles. The summed E-state index contributed by atoms with van der Waals surface area (Å²) in [4.78, 5) is 32.7. The molecular weight excluding hydrogens is 477 g/mol. The molecule has 1 atom stereocenters. The Bertz CT molecular complexity index is 1340. The number of anilines is 1. The standard InChI is InChI=1S/C22H20ClF3N4O4/c1-10-19(34-9-12-3-4-12)29-18-14(7-13(22(24,25)26)8-30(18)20(10)31)11(2)27-15-5-6-16(23)28-17(15)21(32)33/h5-8,11-12,27H,3-4,9H2,1-2H3,(H,32,33)/t11-/m1/s1. The zero-order valence-electron chi connectivity index (χ0n) is 18.1. The molecule has 0 bridgehead atoms. The first-order valence-electron chi connectivity index (χ1n) is 10.4. The number of halogens is 4. The first kappa shape index (κ1) is 23.8. The van der Waals surface area contributed by atoms with Gasteiger partial charge in [-0.3, -0.25) is 9.20 Å². The number of ether oxygens (including phenoxy) is 1. The van der Waals surface area contributed by atoms with Crippen molar-refractivity contribution in [2.45, 2.75) is 38.9 Å². The average molecular weight is 497 g/mol. The summed E-state index contributed by atoms with van der Waals surface area (Å²) in [6.07, 6.45) is -2.02. The summed E-state index contributed by atoms with van der Waals surface area (Å²) in [6, 6.07) is 2.69. The predicted molar refractivity (Wildman–Crippen MR) is 118 cm³/mol. The number of pyridine rings is 2. The maximum Gasteiger partial charge on any atom is 0.417 e. The van der Waals surface area contributed by atoms with Crippen LogP contribution in [0, 0.1) is 12.8 Å². The number of rotatable bonds is 7. The first-order valence-corrected chi connectivity index (χ1v) is 10.8. The van der Waals surface area contributed by atoms with Crippen LogP contribution in [0.5, 0.6) is 5.88 Å². The van der Waals surface area contributed by atoms with E-state index in [1.807, 2.05) is 0 Å². The smallest absolute Gasteiger partial charge is 0.417 e. The van der Waals surface area contributed by atoms with E-state index in [1.54, 1.807) is 0 Å². The molecule has 2 N–H and O–H groups in total. The Morgan fingerprint density at radius 1 is 1.35 bits per heavy atom. The first-order chi connectivity index (χ1) is 16.0. The number of hydrogen-bond acceptors (Lipinski definition) is 6. The Kier molecular flexibility index (Phi) is 6.15. The van der Waals surface area contributed by atoms with Crippen LogP contribution in [0.2, 0.25) is 5.15 Å². The molecule has 180 valence electrons. The Morgan fingerprint density at radius 2 is 2.06 bits per heavy atom. The molecule has 34 heavy (non-hydrogen) atoms. The molecule has 0 spiro atoms. The van der Waals surface area contributed by atoms with Gasteiger partial charge in [0.25, 0.3) is 5.56 Å². The Balaban J connectivity index is 1.85. The Hall–Kier alpha value is -3.34. The molecule has 0 unspecified atom stereocenters. The summed E-state index contributed by atoms with van der Waals surface area (Å²) in [5.41, 5.74) is -2.01. The second-order valence-electron chi connectivity index (χ2n) is 8.18. The van der Waals surface area contributed by atoms with E-state index in [1.165, 1.54) is 26.0 Å². The molecule has 4 rings (SSSR count). The van der Waals surface area contributed by atoms with Crippen LogP contribution in [-0.4, -0.2) is 32.1 Å². The summed E-state index contributed by atoms with van der Waals surface area (Å²) >= 11 is 5.78. The van der Waals surface area contributed by atoms with E-state index in [2.05, 4.69) is 15.3 Å². The number of aromatic carboxylic acids is 1. The van der Waals surface area contributed by atoms with Gasteiger partial charge in [0.05, 0.1) is 29.5 Å². The van der Waals surface area contributed by atoms with Gasteiger partial charge in [-0.1, -0.05) is 11.6 Å². The predicted octanol–water partition coefficient (Wildman–Crippen LogP) is 4.73. The average Bonchev–Trinajstić information content (AvgIpc) is 3.59. The van der Waals surface area contributed by atoms with E-state index in [0.29, 0.717) is 18.7 Å². The molecule has 3 heterocycles. The van der Waals surface area contributed by atoms with Crippen LogP contribution in [0.25, 0.3) is 5.65 Å². The number of nitrogens with zero attached hydrogens (tertiary/aromatic N) is 3. The minimum absolute atomic E-state index is 0.0227. The number of aromatic nitrogens is 3. The highest BCUT2D eigenvalue weighted by atomic mass is 35.5. The van der Waals surface area contributed by atoms with Crippen LogP contribution in [-0.2, 0) is 6.18 Å². The maximum atomic E-state index is 13.6. The van der Waals surface area contributed by atoms with Crippen LogP contribution in [0.4, 0.5) is 18.9 Å². The van der Waals surface area contributed by atoms with E-state index in [0.717, 1.165) is 23.3 Å². The lowest BCUT2D eigenvalue weighted by Crippen LogP contribution is -2.24. The molecule has 1 aliphatic carbocycles. The molecule has 0 amide bonds. The number of hydrogen-bond donors (Lipinski definition) is 2. The van der Waals surface area contributed by atoms with Crippen LogP contribution in [0.15, 0.2) is 29.2 Å². The van der Waals surface area contributed by atoms with Gasteiger partial charge in [0.1, 0.15) is 10.8 Å². The van der Waals surface area contributed by atoms with Crippen molar-refractivity contribution in [3.05, 3.63) is 62.3 Å².